The molecule has 0 aliphatic carbocycles. The molecule has 1 N–H and O–H groups in total. The molecule has 0 saturated heterocycles. The molecule has 20 heavy (non-hydrogen) atoms. The Balaban J connectivity index is 2.00. The van der Waals surface area contributed by atoms with E-state index in [1.54, 1.807) is 13.0 Å². The van der Waals surface area contributed by atoms with Crippen molar-refractivity contribution in [3.8, 4) is 0 Å². The summed E-state index contributed by atoms with van der Waals surface area (Å²) >= 11 is 1.40. The van der Waals surface area contributed by atoms with Crippen molar-refractivity contribution in [2.45, 2.75) is 20.3 Å². The van der Waals surface area contributed by atoms with Crippen molar-refractivity contribution in [1.29, 1.82) is 0 Å². The number of anilines is 1. The number of hydrogen-bond acceptors (Lipinski definition) is 6. The van der Waals surface area contributed by atoms with Gasteiger partial charge in [-0.1, -0.05) is 11.3 Å². The van der Waals surface area contributed by atoms with Gasteiger partial charge in [-0.05, 0) is 34.0 Å². The van der Waals surface area contributed by atoms with E-state index in [-0.39, 0.29) is 5.91 Å². The van der Waals surface area contributed by atoms with Crippen LogP contribution in [0.25, 0.3) is 0 Å². The van der Waals surface area contributed by atoms with Gasteiger partial charge in [-0.15, -0.1) is 10.2 Å². The van der Waals surface area contributed by atoms with Crippen molar-refractivity contribution in [2.24, 2.45) is 0 Å². The first-order chi connectivity index (χ1) is 9.45. The minimum absolute atomic E-state index is 0.213. The van der Waals surface area contributed by atoms with Gasteiger partial charge in [0, 0.05) is 13.0 Å². The first kappa shape index (κ1) is 14.7. The monoisotopic (exact) mass is 294 g/mol. The molecule has 0 bridgehead atoms. The predicted octanol–water partition coefficient (Wildman–Crippen LogP) is 2.10. The maximum Gasteiger partial charge on any atom is 0.261 e. The van der Waals surface area contributed by atoms with Gasteiger partial charge in [0.2, 0.25) is 5.13 Å². The zero-order valence-electron chi connectivity index (χ0n) is 12.1. The summed E-state index contributed by atoms with van der Waals surface area (Å²) in [5.74, 6) is 1.11. The van der Waals surface area contributed by atoms with E-state index in [2.05, 4.69) is 20.4 Å². The lowest BCUT2D eigenvalue weighted by Crippen LogP contribution is -2.14. The van der Waals surface area contributed by atoms with Gasteiger partial charge in [0.25, 0.3) is 5.91 Å². The number of carbonyl (C=O) groups is 1. The summed E-state index contributed by atoms with van der Waals surface area (Å²) < 4.78 is 5.34. The molecule has 0 unspecified atom stereocenters. The first-order valence-electron chi connectivity index (χ1n) is 6.31. The lowest BCUT2D eigenvalue weighted by atomic mass is 10.2. The molecule has 2 rings (SSSR count). The maximum atomic E-state index is 12.1. The highest BCUT2D eigenvalue weighted by molar-refractivity contribution is 7.15. The molecule has 2 heterocycles. The SMILES string of the molecule is Cc1cc(C(=O)Nc2nnc(CCN(C)C)s2)c(C)o1. The van der Waals surface area contributed by atoms with Crippen LogP contribution in [0.4, 0.5) is 5.13 Å². The van der Waals surface area contributed by atoms with Gasteiger partial charge in [0.1, 0.15) is 16.5 Å². The average molecular weight is 294 g/mol. The fourth-order valence-electron chi connectivity index (χ4n) is 1.75. The van der Waals surface area contributed by atoms with Gasteiger partial charge < -0.3 is 9.32 Å². The Morgan fingerprint density at radius 3 is 2.75 bits per heavy atom. The van der Waals surface area contributed by atoms with Gasteiger partial charge in [0.15, 0.2) is 0 Å². The Morgan fingerprint density at radius 1 is 1.40 bits per heavy atom. The normalized spacial score (nSPS) is 11.1. The number of rotatable bonds is 5. The highest BCUT2D eigenvalue weighted by Gasteiger charge is 2.15. The summed E-state index contributed by atoms with van der Waals surface area (Å²) in [4.78, 5) is 14.2. The lowest BCUT2D eigenvalue weighted by Gasteiger charge is -2.05. The summed E-state index contributed by atoms with van der Waals surface area (Å²) in [5.41, 5.74) is 0.535. The summed E-state index contributed by atoms with van der Waals surface area (Å²) in [6, 6.07) is 1.72. The second-order valence-electron chi connectivity index (χ2n) is 4.84. The van der Waals surface area contributed by atoms with E-state index in [1.807, 2.05) is 21.0 Å². The van der Waals surface area contributed by atoms with Crippen LogP contribution in [-0.4, -0.2) is 41.6 Å². The van der Waals surface area contributed by atoms with E-state index in [0.29, 0.717) is 16.5 Å². The van der Waals surface area contributed by atoms with E-state index < -0.39 is 0 Å². The zero-order valence-corrected chi connectivity index (χ0v) is 12.9. The van der Waals surface area contributed by atoms with Gasteiger partial charge in [-0.25, -0.2) is 0 Å². The van der Waals surface area contributed by atoms with Crippen molar-refractivity contribution in [1.82, 2.24) is 15.1 Å². The maximum absolute atomic E-state index is 12.1. The molecule has 0 spiro atoms. The van der Waals surface area contributed by atoms with Gasteiger partial charge in [-0.2, -0.15) is 0 Å². The average Bonchev–Trinajstić information content (AvgIpc) is 2.93. The van der Waals surface area contributed by atoms with Crippen LogP contribution in [0.3, 0.4) is 0 Å². The number of carbonyl (C=O) groups excluding carboxylic acids is 1. The summed E-state index contributed by atoms with van der Waals surface area (Å²) in [7, 11) is 4.02. The Bertz CT molecular complexity index is 603. The number of nitrogens with zero attached hydrogens (tertiary/aromatic N) is 3. The number of hydrogen-bond donors (Lipinski definition) is 1. The minimum atomic E-state index is -0.213. The molecule has 0 aliphatic rings. The summed E-state index contributed by atoms with van der Waals surface area (Å²) in [6.45, 7) is 4.49. The van der Waals surface area contributed by atoms with Gasteiger partial charge in [0.05, 0.1) is 5.56 Å². The van der Waals surface area contributed by atoms with Crippen molar-refractivity contribution < 1.29 is 9.21 Å². The highest BCUT2D eigenvalue weighted by atomic mass is 32.1. The fraction of sp³-hybridized carbons (Fsp3) is 0.462. The van der Waals surface area contributed by atoms with Crippen LogP contribution in [0.1, 0.15) is 26.9 Å². The third-order valence-corrected chi connectivity index (χ3v) is 3.64. The zero-order chi connectivity index (χ0) is 14.7. The number of aryl methyl sites for hydroxylation is 2. The molecule has 0 fully saturated rings. The van der Waals surface area contributed by atoms with Crippen LogP contribution in [-0.2, 0) is 6.42 Å². The molecule has 108 valence electrons. The summed E-state index contributed by atoms with van der Waals surface area (Å²) in [5, 5.41) is 12.2. The van der Waals surface area contributed by atoms with E-state index >= 15 is 0 Å². The molecular weight excluding hydrogens is 276 g/mol. The van der Waals surface area contributed by atoms with E-state index in [1.165, 1.54) is 11.3 Å². The third-order valence-electron chi connectivity index (χ3n) is 2.75. The third kappa shape index (κ3) is 3.64. The first-order valence-corrected chi connectivity index (χ1v) is 7.13. The lowest BCUT2D eigenvalue weighted by molar-refractivity contribution is 0.102. The second kappa shape index (κ2) is 6.15. The van der Waals surface area contributed by atoms with Crippen LogP contribution in [0.2, 0.25) is 0 Å². The van der Waals surface area contributed by atoms with Crippen molar-refractivity contribution in [3.63, 3.8) is 0 Å². The molecule has 2 aromatic rings. The van der Waals surface area contributed by atoms with Crippen LogP contribution in [0, 0.1) is 13.8 Å². The summed E-state index contributed by atoms with van der Waals surface area (Å²) in [6.07, 6.45) is 0.824. The number of aromatic nitrogens is 2. The quantitative estimate of drug-likeness (QED) is 0.914. The molecule has 0 atom stereocenters. The largest absolute Gasteiger partial charge is 0.466 e. The van der Waals surface area contributed by atoms with E-state index in [9.17, 15) is 4.79 Å². The number of likely N-dealkylation sites (N-methyl/N-ethyl adjacent to an activating group) is 1. The van der Waals surface area contributed by atoms with Crippen LogP contribution in [0.15, 0.2) is 10.5 Å². The topological polar surface area (TPSA) is 71.3 Å². The molecule has 0 aliphatic heterocycles. The molecule has 2 aromatic heterocycles. The molecule has 7 heteroatoms. The molecule has 0 aromatic carbocycles. The Labute approximate surface area is 121 Å². The van der Waals surface area contributed by atoms with Crippen molar-refractivity contribution >= 4 is 22.4 Å². The second-order valence-corrected chi connectivity index (χ2v) is 5.90. The molecule has 0 saturated carbocycles. The van der Waals surface area contributed by atoms with Crippen LogP contribution >= 0.6 is 11.3 Å². The van der Waals surface area contributed by atoms with Crippen LogP contribution < -0.4 is 5.32 Å². The van der Waals surface area contributed by atoms with Crippen molar-refractivity contribution in [2.75, 3.05) is 26.0 Å². The number of nitrogens with one attached hydrogen (secondary N) is 1. The standard InChI is InChI=1S/C13H18N4O2S/c1-8-7-10(9(2)19-8)12(18)14-13-16-15-11(20-13)5-6-17(3)4/h7H,5-6H2,1-4H3,(H,14,16,18). The number of amides is 1. The van der Waals surface area contributed by atoms with E-state index in [4.69, 9.17) is 4.42 Å². The fourth-order valence-corrected chi connectivity index (χ4v) is 2.47. The van der Waals surface area contributed by atoms with Crippen molar-refractivity contribution in [3.05, 3.63) is 28.2 Å². The predicted molar refractivity (Wildman–Crippen MR) is 78.3 cm³/mol. The smallest absolute Gasteiger partial charge is 0.261 e. The molecular formula is C13H18N4O2S. The van der Waals surface area contributed by atoms with Gasteiger partial charge >= 0.3 is 0 Å². The molecule has 6 nitrogen and oxygen atoms in total. The highest BCUT2D eigenvalue weighted by Crippen LogP contribution is 2.19. The Hall–Kier alpha value is -1.73. The van der Waals surface area contributed by atoms with E-state index in [0.717, 1.165) is 23.7 Å². The van der Waals surface area contributed by atoms with Gasteiger partial charge in [-0.3, -0.25) is 10.1 Å². The Kier molecular flexibility index (Phi) is 4.51. The molecule has 1 amide bonds. The number of furan rings is 1. The Morgan fingerprint density at radius 2 is 2.15 bits per heavy atom. The molecule has 0 radical (unpaired) electrons. The van der Waals surface area contributed by atoms with Crippen LogP contribution in [0.5, 0.6) is 0 Å². The minimum Gasteiger partial charge on any atom is -0.466 e.